The van der Waals surface area contributed by atoms with E-state index in [-0.39, 0.29) is 19.7 Å². The molecule has 2 atom stereocenters. The van der Waals surface area contributed by atoms with Gasteiger partial charge in [0.05, 0.1) is 25.3 Å². The summed E-state index contributed by atoms with van der Waals surface area (Å²) in [6, 6.07) is 9.40. The second-order valence-electron chi connectivity index (χ2n) is 5.07. The zero-order valence-corrected chi connectivity index (χ0v) is 12.7. The van der Waals surface area contributed by atoms with Gasteiger partial charge in [-0.3, -0.25) is 0 Å². The Morgan fingerprint density at radius 2 is 1.62 bits per heavy atom. The first-order valence-corrected chi connectivity index (χ1v) is 7.38. The Kier molecular flexibility index (Phi) is 7.79. The molecule has 0 aromatic heterocycles. The molecule has 2 unspecified atom stereocenters. The van der Waals surface area contributed by atoms with Crippen LogP contribution in [0.25, 0.3) is 0 Å². The van der Waals surface area contributed by atoms with Gasteiger partial charge >= 0.3 is 6.09 Å². The van der Waals surface area contributed by atoms with Crippen molar-refractivity contribution in [2.75, 3.05) is 13.1 Å². The topological polar surface area (TPSA) is 70.0 Å². The first kappa shape index (κ1) is 17.5. The van der Waals surface area contributed by atoms with E-state index in [0.717, 1.165) is 5.56 Å². The van der Waals surface area contributed by atoms with Crippen LogP contribution in [0.4, 0.5) is 4.79 Å². The lowest BCUT2D eigenvalue weighted by atomic mass is 10.2. The van der Waals surface area contributed by atoms with Gasteiger partial charge in [-0.05, 0) is 18.4 Å². The van der Waals surface area contributed by atoms with Crippen molar-refractivity contribution in [3.63, 3.8) is 0 Å². The van der Waals surface area contributed by atoms with Crippen molar-refractivity contribution < 1.29 is 19.7 Å². The van der Waals surface area contributed by atoms with E-state index in [4.69, 9.17) is 4.74 Å². The normalized spacial score (nSPS) is 13.5. The fourth-order valence-electron chi connectivity index (χ4n) is 1.80. The Balaban J connectivity index is 2.57. The van der Waals surface area contributed by atoms with E-state index in [1.54, 1.807) is 0 Å². The zero-order chi connectivity index (χ0) is 15.7. The molecule has 21 heavy (non-hydrogen) atoms. The average Bonchev–Trinajstić information content (AvgIpc) is 2.52. The Bertz CT molecular complexity index is 398. The molecule has 0 heterocycles. The van der Waals surface area contributed by atoms with Crippen molar-refractivity contribution in [2.45, 2.75) is 45.5 Å². The van der Waals surface area contributed by atoms with E-state index in [9.17, 15) is 15.0 Å². The van der Waals surface area contributed by atoms with Gasteiger partial charge in [-0.1, -0.05) is 44.2 Å². The molecule has 0 spiro atoms. The average molecular weight is 295 g/mol. The minimum atomic E-state index is -0.613. The Morgan fingerprint density at radius 1 is 1.10 bits per heavy atom. The SMILES string of the molecule is CCC(O)CN(CC(O)CC)C(=O)OCc1ccccc1. The molecule has 0 bridgehead atoms. The number of carbonyl (C=O) groups excluding carboxylic acids is 1. The standard InChI is InChI=1S/C16H25NO4/c1-3-14(18)10-17(11-15(19)4-2)16(20)21-12-13-8-6-5-7-9-13/h5-9,14-15,18-19H,3-4,10-12H2,1-2H3. The van der Waals surface area contributed by atoms with E-state index < -0.39 is 18.3 Å². The van der Waals surface area contributed by atoms with Crippen molar-refractivity contribution >= 4 is 6.09 Å². The number of nitrogens with zero attached hydrogens (tertiary/aromatic N) is 1. The van der Waals surface area contributed by atoms with Crippen LogP contribution >= 0.6 is 0 Å². The number of hydrogen-bond donors (Lipinski definition) is 2. The maximum Gasteiger partial charge on any atom is 0.410 e. The molecular formula is C16H25NO4. The Hall–Kier alpha value is -1.59. The van der Waals surface area contributed by atoms with Crippen LogP contribution in [0.15, 0.2) is 30.3 Å². The highest BCUT2D eigenvalue weighted by Crippen LogP contribution is 2.07. The van der Waals surface area contributed by atoms with Crippen molar-refractivity contribution in [2.24, 2.45) is 0 Å². The van der Waals surface area contributed by atoms with Crippen LogP contribution in [0, 0.1) is 0 Å². The number of aliphatic hydroxyl groups excluding tert-OH is 2. The summed E-state index contributed by atoms with van der Waals surface area (Å²) < 4.78 is 5.25. The highest BCUT2D eigenvalue weighted by atomic mass is 16.6. The highest BCUT2D eigenvalue weighted by molar-refractivity contribution is 5.67. The summed E-state index contributed by atoms with van der Waals surface area (Å²) >= 11 is 0. The molecule has 5 nitrogen and oxygen atoms in total. The third-order valence-corrected chi connectivity index (χ3v) is 3.27. The lowest BCUT2D eigenvalue weighted by Crippen LogP contribution is -2.42. The fraction of sp³-hybridized carbons (Fsp3) is 0.562. The first-order chi connectivity index (χ1) is 10.1. The number of benzene rings is 1. The lowest BCUT2D eigenvalue weighted by molar-refractivity contribution is 0.0432. The monoisotopic (exact) mass is 295 g/mol. The van der Waals surface area contributed by atoms with E-state index in [1.807, 2.05) is 44.2 Å². The fourth-order valence-corrected chi connectivity index (χ4v) is 1.80. The predicted octanol–water partition coefficient (Wildman–Crippen LogP) is 2.17. The van der Waals surface area contributed by atoms with Crippen LogP contribution < -0.4 is 0 Å². The number of hydrogen-bond acceptors (Lipinski definition) is 4. The quantitative estimate of drug-likeness (QED) is 0.771. The van der Waals surface area contributed by atoms with Gasteiger partial charge in [0, 0.05) is 0 Å². The number of rotatable bonds is 8. The molecule has 0 aliphatic carbocycles. The van der Waals surface area contributed by atoms with Crippen LogP contribution in [0.5, 0.6) is 0 Å². The van der Waals surface area contributed by atoms with Crippen molar-refractivity contribution in [1.82, 2.24) is 4.90 Å². The van der Waals surface area contributed by atoms with Gasteiger partial charge in [0.2, 0.25) is 0 Å². The van der Waals surface area contributed by atoms with Crippen LogP contribution in [0.1, 0.15) is 32.3 Å². The molecule has 0 aliphatic heterocycles. The molecule has 2 N–H and O–H groups in total. The number of amides is 1. The number of aliphatic hydroxyl groups is 2. The second kappa shape index (κ2) is 9.37. The largest absolute Gasteiger partial charge is 0.445 e. The maximum atomic E-state index is 12.1. The molecule has 0 saturated carbocycles. The van der Waals surface area contributed by atoms with Gasteiger partial charge in [0.25, 0.3) is 0 Å². The summed E-state index contributed by atoms with van der Waals surface area (Å²) in [5.41, 5.74) is 0.901. The molecule has 0 fully saturated rings. The Morgan fingerprint density at radius 3 is 2.10 bits per heavy atom. The number of carbonyl (C=O) groups is 1. The van der Waals surface area contributed by atoms with Crippen LogP contribution in [0.3, 0.4) is 0 Å². The molecule has 0 saturated heterocycles. The minimum Gasteiger partial charge on any atom is -0.445 e. The van der Waals surface area contributed by atoms with Crippen molar-refractivity contribution in [1.29, 1.82) is 0 Å². The van der Waals surface area contributed by atoms with Gasteiger partial charge in [0.15, 0.2) is 0 Å². The van der Waals surface area contributed by atoms with E-state index in [1.165, 1.54) is 4.90 Å². The van der Waals surface area contributed by atoms with Crippen LogP contribution in [0.2, 0.25) is 0 Å². The Labute approximate surface area is 126 Å². The van der Waals surface area contributed by atoms with Gasteiger partial charge < -0.3 is 19.8 Å². The summed E-state index contributed by atoms with van der Waals surface area (Å²) in [6.07, 6.45) is -0.648. The van der Waals surface area contributed by atoms with Crippen molar-refractivity contribution in [3.8, 4) is 0 Å². The minimum absolute atomic E-state index is 0.168. The summed E-state index contributed by atoms with van der Waals surface area (Å²) in [7, 11) is 0. The molecule has 118 valence electrons. The summed E-state index contributed by atoms with van der Waals surface area (Å²) in [4.78, 5) is 13.5. The molecular weight excluding hydrogens is 270 g/mol. The van der Waals surface area contributed by atoms with Crippen LogP contribution in [-0.2, 0) is 11.3 Å². The third-order valence-electron chi connectivity index (χ3n) is 3.27. The smallest absolute Gasteiger partial charge is 0.410 e. The third kappa shape index (κ3) is 6.60. The molecule has 1 amide bonds. The maximum absolute atomic E-state index is 12.1. The zero-order valence-electron chi connectivity index (χ0n) is 12.7. The van der Waals surface area contributed by atoms with Gasteiger partial charge in [-0.25, -0.2) is 4.79 Å². The van der Waals surface area contributed by atoms with E-state index in [0.29, 0.717) is 12.8 Å². The highest BCUT2D eigenvalue weighted by Gasteiger charge is 2.20. The summed E-state index contributed by atoms with van der Waals surface area (Å²) in [5, 5.41) is 19.4. The predicted molar refractivity (Wildman–Crippen MR) is 80.8 cm³/mol. The molecule has 1 rings (SSSR count). The first-order valence-electron chi connectivity index (χ1n) is 7.38. The molecule has 0 radical (unpaired) electrons. The second-order valence-corrected chi connectivity index (χ2v) is 5.07. The molecule has 5 heteroatoms. The van der Waals surface area contributed by atoms with Crippen molar-refractivity contribution in [3.05, 3.63) is 35.9 Å². The summed E-state index contributed by atoms with van der Waals surface area (Å²) in [5.74, 6) is 0. The van der Waals surface area contributed by atoms with Gasteiger partial charge in [-0.2, -0.15) is 0 Å². The van der Waals surface area contributed by atoms with Gasteiger partial charge in [0.1, 0.15) is 6.61 Å². The molecule has 1 aromatic carbocycles. The van der Waals surface area contributed by atoms with E-state index >= 15 is 0 Å². The van der Waals surface area contributed by atoms with Crippen LogP contribution in [-0.4, -0.2) is 46.5 Å². The summed E-state index contributed by atoms with van der Waals surface area (Å²) in [6.45, 7) is 4.20. The van der Waals surface area contributed by atoms with Gasteiger partial charge in [-0.15, -0.1) is 0 Å². The number of ether oxygens (including phenoxy) is 1. The lowest BCUT2D eigenvalue weighted by Gasteiger charge is -2.26. The molecule has 0 aliphatic rings. The van der Waals surface area contributed by atoms with E-state index in [2.05, 4.69) is 0 Å². The molecule has 1 aromatic rings.